The molecule has 1 amide bonds. The summed E-state index contributed by atoms with van der Waals surface area (Å²) in [6.45, 7) is 1.68. The molecule has 0 aliphatic heterocycles. The van der Waals surface area contributed by atoms with Crippen LogP contribution in [-0.4, -0.2) is 26.1 Å². The van der Waals surface area contributed by atoms with E-state index in [0.717, 1.165) is 0 Å². The van der Waals surface area contributed by atoms with Crippen molar-refractivity contribution in [3.63, 3.8) is 0 Å². The van der Waals surface area contributed by atoms with Crippen molar-refractivity contribution in [2.75, 3.05) is 14.2 Å². The van der Waals surface area contributed by atoms with Gasteiger partial charge in [0.1, 0.15) is 17.3 Å². The number of methoxy groups -OCH3 is 1. The van der Waals surface area contributed by atoms with Crippen LogP contribution in [0, 0.1) is 0 Å². The molecule has 0 atom stereocenters. The third-order valence-electron chi connectivity index (χ3n) is 1.89. The Morgan fingerprint density at radius 1 is 1.25 bits per heavy atom. The van der Waals surface area contributed by atoms with Gasteiger partial charge in [-0.1, -0.05) is 0 Å². The zero-order chi connectivity index (χ0) is 12.0. The quantitative estimate of drug-likeness (QED) is 0.613. The topological polar surface area (TPSA) is 59.9 Å². The molecular weight excluding hydrogens is 208 g/mol. The predicted octanol–water partition coefficient (Wildman–Crippen LogP) is 1.83. The van der Waals surface area contributed by atoms with Crippen LogP contribution in [0.3, 0.4) is 0 Å². The van der Waals surface area contributed by atoms with Crippen molar-refractivity contribution in [3.05, 3.63) is 24.3 Å². The highest BCUT2D eigenvalue weighted by atomic mass is 16.6. The van der Waals surface area contributed by atoms with Crippen LogP contribution in [0.2, 0.25) is 0 Å². The number of rotatable bonds is 2. The number of aliphatic imine (C=N–C) groups is 1. The van der Waals surface area contributed by atoms with E-state index in [9.17, 15) is 4.79 Å². The maximum absolute atomic E-state index is 11.3. The third kappa shape index (κ3) is 3.61. The third-order valence-corrected chi connectivity index (χ3v) is 1.89. The van der Waals surface area contributed by atoms with Crippen molar-refractivity contribution in [2.45, 2.75) is 6.92 Å². The normalized spacial score (nSPS) is 10.8. The lowest BCUT2D eigenvalue weighted by atomic mass is 10.3. The van der Waals surface area contributed by atoms with E-state index in [0.29, 0.717) is 17.3 Å². The molecular formula is C11H14N2O3. The Kier molecular flexibility index (Phi) is 4.32. The first-order valence-corrected chi connectivity index (χ1v) is 4.72. The lowest BCUT2D eigenvalue weighted by Gasteiger charge is -2.06. The maximum Gasteiger partial charge on any atom is 0.418 e. The van der Waals surface area contributed by atoms with E-state index in [1.165, 1.54) is 0 Å². The summed E-state index contributed by atoms with van der Waals surface area (Å²) in [7, 11) is 3.16. The molecule has 0 aliphatic carbocycles. The molecule has 0 bridgehead atoms. The molecule has 1 N–H and O–H groups in total. The second-order valence-electron chi connectivity index (χ2n) is 3.00. The summed E-state index contributed by atoms with van der Waals surface area (Å²) in [6.07, 6.45) is -0.562. The average Bonchev–Trinajstić information content (AvgIpc) is 2.29. The van der Waals surface area contributed by atoms with Crippen molar-refractivity contribution in [1.29, 1.82) is 0 Å². The van der Waals surface area contributed by atoms with Crippen LogP contribution >= 0.6 is 0 Å². The molecule has 5 nitrogen and oxygen atoms in total. The molecule has 16 heavy (non-hydrogen) atoms. The summed E-state index contributed by atoms with van der Waals surface area (Å²) in [4.78, 5) is 15.1. The molecule has 0 unspecified atom stereocenters. The monoisotopic (exact) mass is 222 g/mol. The van der Waals surface area contributed by atoms with Gasteiger partial charge in [-0.15, -0.1) is 0 Å². The molecule has 0 aliphatic rings. The van der Waals surface area contributed by atoms with Crippen molar-refractivity contribution in [1.82, 2.24) is 5.32 Å². The number of nitrogens with one attached hydrogen (secondary N) is 1. The maximum atomic E-state index is 11.3. The summed E-state index contributed by atoms with van der Waals surface area (Å²) in [6, 6.07) is 6.72. The molecule has 0 aromatic heterocycles. The summed E-state index contributed by atoms with van der Waals surface area (Å²) in [5.41, 5.74) is 0. The van der Waals surface area contributed by atoms with Crippen molar-refractivity contribution < 1.29 is 14.3 Å². The predicted molar refractivity (Wildman–Crippen MR) is 61.2 cm³/mol. The highest BCUT2D eigenvalue weighted by Crippen LogP contribution is 2.16. The molecule has 0 heterocycles. The van der Waals surface area contributed by atoms with Gasteiger partial charge in [0, 0.05) is 7.05 Å². The van der Waals surface area contributed by atoms with Gasteiger partial charge >= 0.3 is 6.09 Å². The summed E-state index contributed by atoms with van der Waals surface area (Å²) >= 11 is 0. The van der Waals surface area contributed by atoms with Crippen LogP contribution in [0.1, 0.15) is 6.92 Å². The molecule has 0 saturated carbocycles. The molecule has 0 saturated heterocycles. The van der Waals surface area contributed by atoms with E-state index in [1.54, 1.807) is 45.3 Å². The lowest BCUT2D eigenvalue weighted by Crippen LogP contribution is -2.31. The Morgan fingerprint density at radius 2 is 1.81 bits per heavy atom. The SMILES string of the molecule is CN=C(C)NC(=O)Oc1ccc(OC)cc1. The average molecular weight is 222 g/mol. The Bertz CT molecular complexity index is 385. The molecule has 1 aromatic carbocycles. The van der Waals surface area contributed by atoms with Crippen LogP contribution in [-0.2, 0) is 0 Å². The largest absolute Gasteiger partial charge is 0.497 e. The fraction of sp³-hybridized carbons (Fsp3) is 0.273. The Labute approximate surface area is 94.1 Å². The standard InChI is InChI=1S/C11H14N2O3/c1-8(12-2)13-11(14)16-10-6-4-9(15-3)5-7-10/h4-7H,1-3H3,(H,12,13,14). The molecule has 0 radical (unpaired) electrons. The Balaban J connectivity index is 2.56. The summed E-state index contributed by atoms with van der Waals surface area (Å²) in [5, 5.41) is 2.46. The molecule has 1 rings (SSSR count). The van der Waals surface area contributed by atoms with Crippen LogP contribution in [0.5, 0.6) is 11.5 Å². The van der Waals surface area contributed by atoms with Crippen LogP contribution in [0.4, 0.5) is 4.79 Å². The van der Waals surface area contributed by atoms with Gasteiger partial charge < -0.3 is 9.47 Å². The summed E-state index contributed by atoms with van der Waals surface area (Å²) in [5.74, 6) is 1.65. The molecule has 0 fully saturated rings. The first-order valence-electron chi connectivity index (χ1n) is 4.72. The van der Waals surface area contributed by atoms with Crippen LogP contribution in [0.25, 0.3) is 0 Å². The number of hydrogen-bond donors (Lipinski definition) is 1. The number of amides is 1. The molecule has 5 heteroatoms. The second-order valence-corrected chi connectivity index (χ2v) is 3.00. The van der Waals surface area contributed by atoms with Gasteiger partial charge in [-0.25, -0.2) is 4.79 Å². The minimum Gasteiger partial charge on any atom is -0.497 e. The van der Waals surface area contributed by atoms with E-state index in [-0.39, 0.29) is 0 Å². The molecule has 1 aromatic rings. The molecule has 0 spiro atoms. The summed E-state index contributed by atoms with van der Waals surface area (Å²) < 4.78 is 9.98. The van der Waals surface area contributed by atoms with Crippen molar-refractivity contribution in [2.24, 2.45) is 4.99 Å². The van der Waals surface area contributed by atoms with E-state index in [2.05, 4.69) is 10.3 Å². The number of hydrogen-bond acceptors (Lipinski definition) is 4. The number of nitrogens with zero attached hydrogens (tertiary/aromatic N) is 1. The fourth-order valence-corrected chi connectivity index (χ4v) is 0.980. The second kappa shape index (κ2) is 5.75. The fourth-order valence-electron chi connectivity index (χ4n) is 0.980. The first-order chi connectivity index (χ1) is 7.65. The lowest BCUT2D eigenvalue weighted by molar-refractivity contribution is 0.206. The minimum atomic E-state index is -0.562. The zero-order valence-electron chi connectivity index (χ0n) is 9.48. The van der Waals surface area contributed by atoms with Gasteiger partial charge in [-0.05, 0) is 31.2 Å². The van der Waals surface area contributed by atoms with Gasteiger partial charge in [-0.3, -0.25) is 10.3 Å². The van der Waals surface area contributed by atoms with E-state index < -0.39 is 6.09 Å². The van der Waals surface area contributed by atoms with Gasteiger partial charge in [0.25, 0.3) is 0 Å². The number of amidine groups is 1. The van der Waals surface area contributed by atoms with E-state index in [4.69, 9.17) is 9.47 Å². The number of carbonyl (C=O) groups is 1. The minimum absolute atomic E-state index is 0.446. The highest BCUT2D eigenvalue weighted by Gasteiger charge is 2.04. The number of ether oxygens (including phenoxy) is 2. The number of carbonyl (C=O) groups excluding carboxylic acids is 1. The van der Waals surface area contributed by atoms with Gasteiger partial charge in [-0.2, -0.15) is 0 Å². The van der Waals surface area contributed by atoms with E-state index >= 15 is 0 Å². The van der Waals surface area contributed by atoms with Crippen molar-refractivity contribution >= 4 is 11.9 Å². The smallest absolute Gasteiger partial charge is 0.418 e. The van der Waals surface area contributed by atoms with Gasteiger partial charge in [0.15, 0.2) is 0 Å². The Morgan fingerprint density at radius 3 is 2.31 bits per heavy atom. The van der Waals surface area contributed by atoms with Crippen LogP contribution < -0.4 is 14.8 Å². The van der Waals surface area contributed by atoms with Crippen molar-refractivity contribution in [3.8, 4) is 11.5 Å². The van der Waals surface area contributed by atoms with Gasteiger partial charge in [0.2, 0.25) is 0 Å². The van der Waals surface area contributed by atoms with E-state index in [1.807, 2.05) is 0 Å². The van der Waals surface area contributed by atoms with Gasteiger partial charge in [0.05, 0.1) is 7.11 Å². The number of benzene rings is 1. The highest BCUT2D eigenvalue weighted by molar-refractivity contribution is 5.94. The Hall–Kier alpha value is -2.04. The first kappa shape index (κ1) is 12.0. The van der Waals surface area contributed by atoms with Crippen LogP contribution in [0.15, 0.2) is 29.3 Å². The zero-order valence-corrected chi connectivity index (χ0v) is 9.48. The molecule has 86 valence electrons.